The molecule has 29 heavy (non-hydrogen) atoms. The average Bonchev–Trinajstić information content (AvgIpc) is 2.75. The average molecular weight is 394 g/mol. The summed E-state index contributed by atoms with van der Waals surface area (Å²) in [5, 5.41) is 12.5. The summed E-state index contributed by atoms with van der Waals surface area (Å²) in [6.45, 7) is 3.99. The van der Waals surface area contributed by atoms with Gasteiger partial charge < -0.3 is 10.1 Å². The van der Waals surface area contributed by atoms with Gasteiger partial charge in [0.15, 0.2) is 0 Å². The highest BCUT2D eigenvalue weighted by Crippen LogP contribution is 2.41. The molecule has 152 valence electrons. The minimum Gasteiger partial charge on any atom is -0.491 e. The first-order chi connectivity index (χ1) is 14.0. The van der Waals surface area contributed by atoms with Crippen molar-refractivity contribution >= 4 is 11.6 Å². The Labute approximate surface area is 171 Å². The predicted octanol–water partition coefficient (Wildman–Crippen LogP) is 5.72. The molecule has 1 amide bonds. The van der Waals surface area contributed by atoms with Crippen LogP contribution in [0.5, 0.6) is 5.75 Å². The number of nitrogens with zero attached hydrogens (tertiary/aromatic N) is 1. The van der Waals surface area contributed by atoms with E-state index in [2.05, 4.69) is 11.4 Å². The van der Waals surface area contributed by atoms with Crippen LogP contribution in [0.25, 0.3) is 0 Å². The van der Waals surface area contributed by atoms with Crippen molar-refractivity contribution < 1.29 is 13.9 Å². The van der Waals surface area contributed by atoms with Crippen molar-refractivity contribution in [2.45, 2.75) is 63.9 Å². The third kappa shape index (κ3) is 4.42. The van der Waals surface area contributed by atoms with Crippen LogP contribution in [0.15, 0.2) is 42.5 Å². The van der Waals surface area contributed by atoms with Crippen LogP contribution in [0.2, 0.25) is 0 Å². The number of carbonyl (C=O) groups is 1. The van der Waals surface area contributed by atoms with E-state index < -0.39 is 5.41 Å². The van der Waals surface area contributed by atoms with Gasteiger partial charge in [-0.15, -0.1) is 0 Å². The van der Waals surface area contributed by atoms with Crippen molar-refractivity contribution in [3.63, 3.8) is 0 Å². The lowest BCUT2D eigenvalue weighted by atomic mass is 9.68. The number of carbonyl (C=O) groups excluding carboxylic acids is 1. The maximum Gasteiger partial charge on any atom is 0.235 e. The summed E-state index contributed by atoms with van der Waals surface area (Å²) in [4.78, 5) is 13.4. The SMILES string of the molecule is CC[C@@H](C)Oc1ccc(NC(=O)C2(c3ccccc3F)CCCCC2)c(C#N)c1. The Morgan fingerprint density at radius 2 is 1.97 bits per heavy atom. The van der Waals surface area contributed by atoms with Crippen LogP contribution < -0.4 is 10.1 Å². The van der Waals surface area contributed by atoms with Gasteiger partial charge in [0.05, 0.1) is 22.8 Å². The second kappa shape index (κ2) is 9.09. The fourth-order valence-corrected chi connectivity index (χ4v) is 3.98. The van der Waals surface area contributed by atoms with Gasteiger partial charge in [-0.3, -0.25) is 4.79 Å². The molecule has 0 unspecified atom stereocenters. The molecule has 3 rings (SSSR count). The highest BCUT2D eigenvalue weighted by molar-refractivity contribution is 6.00. The number of hydrogen-bond acceptors (Lipinski definition) is 3. The highest BCUT2D eigenvalue weighted by atomic mass is 19.1. The van der Waals surface area contributed by atoms with E-state index in [-0.39, 0.29) is 17.8 Å². The summed E-state index contributed by atoms with van der Waals surface area (Å²) in [5.41, 5.74) is 0.281. The predicted molar refractivity (Wildman–Crippen MR) is 111 cm³/mol. The molecule has 0 bridgehead atoms. The Hall–Kier alpha value is -2.87. The van der Waals surface area contributed by atoms with Gasteiger partial charge in [-0.05, 0) is 44.4 Å². The molecule has 0 spiro atoms. The van der Waals surface area contributed by atoms with E-state index >= 15 is 0 Å². The van der Waals surface area contributed by atoms with E-state index in [9.17, 15) is 14.4 Å². The van der Waals surface area contributed by atoms with Gasteiger partial charge >= 0.3 is 0 Å². The molecule has 1 aliphatic rings. The summed E-state index contributed by atoms with van der Waals surface area (Å²) in [6, 6.07) is 13.7. The molecule has 0 radical (unpaired) electrons. The molecule has 2 aromatic carbocycles. The summed E-state index contributed by atoms with van der Waals surface area (Å²) in [5.74, 6) is -0.0212. The number of amides is 1. The molecule has 0 heterocycles. The lowest BCUT2D eigenvalue weighted by molar-refractivity contribution is -0.122. The Kier molecular flexibility index (Phi) is 6.53. The number of nitrogens with one attached hydrogen (secondary N) is 1. The smallest absolute Gasteiger partial charge is 0.235 e. The van der Waals surface area contributed by atoms with Gasteiger partial charge in [0.1, 0.15) is 17.6 Å². The van der Waals surface area contributed by atoms with Crippen molar-refractivity contribution in [1.29, 1.82) is 5.26 Å². The molecule has 5 heteroatoms. The van der Waals surface area contributed by atoms with Crippen LogP contribution in [0.3, 0.4) is 0 Å². The number of halogens is 1. The molecule has 1 atom stereocenters. The lowest BCUT2D eigenvalue weighted by Gasteiger charge is -2.36. The number of rotatable bonds is 6. The second-order valence-electron chi connectivity index (χ2n) is 7.73. The maximum atomic E-state index is 14.6. The number of hydrogen-bond donors (Lipinski definition) is 1. The monoisotopic (exact) mass is 394 g/mol. The van der Waals surface area contributed by atoms with Crippen molar-refractivity contribution in [2.75, 3.05) is 5.32 Å². The summed E-state index contributed by atoms with van der Waals surface area (Å²) in [6.07, 6.45) is 4.85. The van der Waals surface area contributed by atoms with Crippen LogP contribution in [-0.2, 0) is 10.2 Å². The minimum atomic E-state index is -0.914. The van der Waals surface area contributed by atoms with E-state index in [1.807, 2.05) is 13.8 Å². The van der Waals surface area contributed by atoms with Crippen molar-refractivity contribution in [1.82, 2.24) is 0 Å². The molecule has 1 aliphatic carbocycles. The third-order valence-corrected chi connectivity index (χ3v) is 5.80. The van der Waals surface area contributed by atoms with E-state index in [0.29, 0.717) is 35.4 Å². The van der Waals surface area contributed by atoms with Gasteiger partial charge in [0, 0.05) is 11.6 Å². The first-order valence-electron chi connectivity index (χ1n) is 10.3. The first-order valence-corrected chi connectivity index (χ1v) is 10.3. The van der Waals surface area contributed by atoms with Crippen LogP contribution in [0, 0.1) is 17.1 Å². The first kappa shape index (κ1) is 20.9. The normalized spacial score (nSPS) is 16.5. The van der Waals surface area contributed by atoms with Gasteiger partial charge in [-0.2, -0.15) is 5.26 Å². The topological polar surface area (TPSA) is 62.1 Å². The summed E-state index contributed by atoms with van der Waals surface area (Å²) >= 11 is 0. The fraction of sp³-hybridized carbons (Fsp3) is 0.417. The summed E-state index contributed by atoms with van der Waals surface area (Å²) < 4.78 is 20.4. The molecular formula is C24H27FN2O2. The second-order valence-corrected chi connectivity index (χ2v) is 7.73. The van der Waals surface area contributed by atoms with E-state index in [1.165, 1.54) is 6.07 Å². The molecule has 0 aliphatic heterocycles. The zero-order chi connectivity index (χ0) is 20.9. The third-order valence-electron chi connectivity index (χ3n) is 5.80. The fourth-order valence-electron chi connectivity index (χ4n) is 3.98. The van der Waals surface area contributed by atoms with Crippen LogP contribution in [0.4, 0.5) is 10.1 Å². The summed E-state index contributed by atoms with van der Waals surface area (Å²) in [7, 11) is 0. The highest BCUT2D eigenvalue weighted by Gasteiger charge is 2.43. The molecule has 2 aromatic rings. The van der Waals surface area contributed by atoms with Gasteiger partial charge in [-0.1, -0.05) is 44.4 Å². The molecule has 1 N–H and O–H groups in total. The largest absolute Gasteiger partial charge is 0.491 e. The van der Waals surface area contributed by atoms with E-state index in [0.717, 1.165) is 25.7 Å². The Bertz CT molecular complexity index is 913. The van der Waals surface area contributed by atoms with Gasteiger partial charge in [-0.25, -0.2) is 4.39 Å². The number of anilines is 1. The van der Waals surface area contributed by atoms with Gasteiger partial charge in [0.25, 0.3) is 0 Å². The number of nitriles is 1. The Morgan fingerprint density at radius 1 is 1.24 bits per heavy atom. The number of ether oxygens (including phenoxy) is 1. The Morgan fingerprint density at radius 3 is 2.62 bits per heavy atom. The minimum absolute atomic E-state index is 0.0357. The molecule has 0 aromatic heterocycles. The molecular weight excluding hydrogens is 367 g/mol. The zero-order valence-electron chi connectivity index (χ0n) is 17.0. The standard InChI is InChI=1S/C24H27FN2O2/c1-3-17(2)29-19-11-12-22(18(15-19)16-26)27-23(28)24(13-7-4-8-14-24)20-9-5-6-10-21(20)25/h5-6,9-12,15,17H,3-4,7-8,13-14H2,1-2H3,(H,27,28)/t17-/m1/s1. The Balaban J connectivity index is 1.91. The van der Waals surface area contributed by atoms with Crippen LogP contribution in [0.1, 0.15) is 63.5 Å². The molecule has 0 saturated heterocycles. The lowest BCUT2D eigenvalue weighted by Crippen LogP contribution is -2.42. The molecule has 1 saturated carbocycles. The van der Waals surface area contributed by atoms with Crippen LogP contribution >= 0.6 is 0 Å². The molecule has 1 fully saturated rings. The maximum absolute atomic E-state index is 14.6. The number of benzene rings is 2. The van der Waals surface area contributed by atoms with Crippen molar-refractivity contribution in [3.05, 3.63) is 59.4 Å². The van der Waals surface area contributed by atoms with Gasteiger partial charge in [0.2, 0.25) is 5.91 Å². The van der Waals surface area contributed by atoms with Crippen molar-refractivity contribution in [3.8, 4) is 11.8 Å². The zero-order valence-corrected chi connectivity index (χ0v) is 17.0. The van der Waals surface area contributed by atoms with Crippen LogP contribution in [-0.4, -0.2) is 12.0 Å². The van der Waals surface area contributed by atoms with E-state index in [4.69, 9.17) is 4.74 Å². The van der Waals surface area contributed by atoms with Crippen molar-refractivity contribution in [2.24, 2.45) is 0 Å². The van der Waals surface area contributed by atoms with E-state index in [1.54, 1.807) is 36.4 Å². The molecule has 4 nitrogen and oxygen atoms in total. The quantitative estimate of drug-likeness (QED) is 0.682.